The molecule has 0 saturated carbocycles. The molecule has 0 aliphatic heterocycles. The maximum atomic E-state index is 15.5. The van der Waals surface area contributed by atoms with E-state index in [1.165, 1.54) is 24.3 Å². The summed E-state index contributed by atoms with van der Waals surface area (Å²) in [6, 6.07) is 111. The van der Waals surface area contributed by atoms with Gasteiger partial charge in [0.2, 0.25) is 0 Å². The van der Waals surface area contributed by atoms with Gasteiger partial charge in [0, 0.05) is 22.7 Å². The van der Waals surface area contributed by atoms with Gasteiger partial charge in [-0.1, -0.05) is 207 Å². The largest absolute Gasteiger partial charge is 0.457 e. The summed E-state index contributed by atoms with van der Waals surface area (Å²) in [4.78, 5) is 4.44. The SMILES string of the molecule is C=Cc1ccc(Oc2ccc(C3(c4ccccc4)c4ccccc4-c4ccc(N(c5ccc(F)cc5)c5cccc6oc7cccc(N(c8ccc(F)cc8)c8ccc9c(c8)C(c8ccccc8)(c8ccc(Oc%10ccc(C=C)cc%10)cc8)c8ccccc8-9)c7c56)cc43)cc2)cc1. The number of furan rings is 1. The second-order valence-corrected chi connectivity index (χ2v) is 24.6. The molecule has 0 bridgehead atoms. The van der Waals surface area contributed by atoms with E-state index in [1.807, 2.05) is 109 Å². The highest BCUT2D eigenvalue weighted by atomic mass is 19.1. The molecule has 1 aromatic heterocycles. The maximum absolute atomic E-state index is 15.5. The predicted octanol–water partition coefficient (Wildman–Crippen LogP) is 24.4. The zero-order valence-corrected chi connectivity index (χ0v) is 52.6. The summed E-state index contributed by atoms with van der Waals surface area (Å²) in [5.41, 5.74) is 19.7. The van der Waals surface area contributed by atoms with Crippen LogP contribution >= 0.6 is 0 Å². The summed E-state index contributed by atoms with van der Waals surface area (Å²) in [6.07, 6.45) is 3.64. The van der Waals surface area contributed by atoms with Gasteiger partial charge in [0.05, 0.1) is 33.0 Å². The third kappa shape index (κ3) is 9.65. The Hall–Kier alpha value is -12.6. The number of nitrogens with zero attached hydrogens (tertiary/aromatic N) is 2. The fourth-order valence-electron chi connectivity index (χ4n) is 15.2. The van der Waals surface area contributed by atoms with Gasteiger partial charge < -0.3 is 23.7 Å². The molecule has 0 N–H and O–H groups in total. The zero-order chi connectivity index (χ0) is 65.2. The van der Waals surface area contributed by atoms with Crippen molar-refractivity contribution in [2.24, 2.45) is 0 Å². The molecule has 7 heteroatoms. The van der Waals surface area contributed by atoms with Crippen LogP contribution in [0.5, 0.6) is 23.0 Å². The summed E-state index contributed by atoms with van der Waals surface area (Å²) < 4.78 is 50.9. The average molecular weight is 1260 g/mol. The number of fused-ring (bicyclic) bond motifs is 9. The number of hydrogen-bond donors (Lipinski definition) is 0. The van der Waals surface area contributed by atoms with Crippen LogP contribution in [0.15, 0.2) is 345 Å². The maximum Gasteiger partial charge on any atom is 0.137 e. The Morgan fingerprint density at radius 3 is 1.01 bits per heavy atom. The van der Waals surface area contributed by atoms with E-state index in [1.54, 1.807) is 0 Å². The summed E-state index contributed by atoms with van der Waals surface area (Å²) in [6.45, 7) is 7.84. The van der Waals surface area contributed by atoms with E-state index in [4.69, 9.17) is 13.9 Å². The van der Waals surface area contributed by atoms with Gasteiger partial charge in [-0.15, -0.1) is 0 Å². The highest BCUT2D eigenvalue weighted by Crippen LogP contribution is 2.60. The number of halogens is 2. The molecule has 2 aliphatic carbocycles. The second kappa shape index (κ2) is 23.8. The molecule has 2 atom stereocenters. The molecule has 0 amide bonds. The van der Waals surface area contributed by atoms with Crippen molar-refractivity contribution in [3.63, 3.8) is 0 Å². The van der Waals surface area contributed by atoms with Crippen molar-refractivity contribution in [1.29, 1.82) is 0 Å². The average Bonchev–Trinajstić information content (AvgIpc) is 1.41. The highest BCUT2D eigenvalue weighted by Gasteiger charge is 2.48. The van der Waals surface area contributed by atoms with E-state index < -0.39 is 10.8 Å². The van der Waals surface area contributed by atoms with Crippen LogP contribution in [0, 0.1) is 11.6 Å². The van der Waals surface area contributed by atoms with Gasteiger partial charge in [-0.25, -0.2) is 8.78 Å². The number of benzene rings is 14. The van der Waals surface area contributed by atoms with Crippen molar-refractivity contribution < 1.29 is 22.7 Å². The Kier molecular flexibility index (Phi) is 14.3. The zero-order valence-electron chi connectivity index (χ0n) is 52.6. The van der Waals surface area contributed by atoms with Crippen molar-refractivity contribution in [1.82, 2.24) is 0 Å². The van der Waals surface area contributed by atoms with Crippen LogP contribution in [0.25, 0.3) is 56.3 Å². The van der Waals surface area contributed by atoms with Crippen molar-refractivity contribution in [2.45, 2.75) is 10.8 Å². The first-order chi connectivity index (χ1) is 47.8. The fourth-order valence-corrected chi connectivity index (χ4v) is 15.2. The number of rotatable bonds is 16. The molecule has 0 saturated heterocycles. The van der Waals surface area contributed by atoms with Crippen LogP contribution < -0.4 is 19.3 Å². The summed E-state index contributed by atoms with van der Waals surface area (Å²) in [5, 5.41) is 1.65. The summed E-state index contributed by atoms with van der Waals surface area (Å²) >= 11 is 0. The monoisotopic (exact) mass is 1250 g/mol. The molecule has 0 radical (unpaired) electrons. The number of hydrogen-bond acceptors (Lipinski definition) is 5. The molecular weight excluding hydrogens is 1190 g/mol. The Labute approximate surface area is 561 Å². The van der Waals surface area contributed by atoms with Gasteiger partial charge >= 0.3 is 0 Å². The van der Waals surface area contributed by atoms with E-state index >= 15 is 8.78 Å². The first kappa shape index (κ1) is 58.3. The third-order valence-electron chi connectivity index (χ3n) is 19.4. The van der Waals surface area contributed by atoms with Gasteiger partial charge in [0.15, 0.2) is 0 Å². The van der Waals surface area contributed by atoms with Crippen molar-refractivity contribution in [3.8, 4) is 45.3 Å². The third-order valence-corrected chi connectivity index (χ3v) is 19.4. The fraction of sp³-hybridized carbons (Fsp3) is 0.0222. The first-order valence-electron chi connectivity index (χ1n) is 32.5. The van der Waals surface area contributed by atoms with Crippen LogP contribution in [-0.4, -0.2) is 0 Å². The van der Waals surface area contributed by atoms with Crippen LogP contribution in [0.2, 0.25) is 0 Å². The molecule has 14 aromatic carbocycles. The van der Waals surface area contributed by atoms with E-state index in [2.05, 4.69) is 229 Å². The lowest BCUT2D eigenvalue weighted by Crippen LogP contribution is -2.28. The lowest BCUT2D eigenvalue weighted by atomic mass is 9.67. The number of ether oxygens (including phenoxy) is 2. The Morgan fingerprint density at radius 1 is 0.299 bits per heavy atom. The molecule has 462 valence electrons. The topological polar surface area (TPSA) is 38.1 Å². The van der Waals surface area contributed by atoms with Gasteiger partial charge in [0.1, 0.15) is 45.8 Å². The van der Waals surface area contributed by atoms with Crippen molar-refractivity contribution >= 4 is 68.2 Å². The molecule has 0 fully saturated rings. The van der Waals surface area contributed by atoms with Crippen LogP contribution in [0.1, 0.15) is 55.6 Å². The molecule has 1 heterocycles. The minimum atomic E-state index is -0.801. The molecule has 97 heavy (non-hydrogen) atoms. The first-order valence-corrected chi connectivity index (χ1v) is 32.5. The van der Waals surface area contributed by atoms with Crippen molar-refractivity contribution in [2.75, 3.05) is 9.80 Å². The molecule has 15 aromatic rings. The smallest absolute Gasteiger partial charge is 0.137 e. The van der Waals surface area contributed by atoms with Crippen LogP contribution in [0.3, 0.4) is 0 Å². The van der Waals surface area contributed by atoms with Crippen LogP contribution in [0.4, 0.5) is 42.9 Å². The van der Waals surface area contributed by atoms with Crippen molar-refractivity contribution in [3.05, 3.63) is 408 Å². The van der Waals surface area contributed by atoms with E-state index in [9.17, 15) is 0 Å². The molecular formula is C90H60F2N2O3. The molecule has 17 rings (SSSR count). The standard InChI is InChI=1S/C90H60F2N2O3/c1-3-59-29-47-71(48-30-59)95-73-51-33-63(34-52-73)89(61-17-7-5-8-18-61)79-23-13-11-21-75(79)77-55-45-69(57-81(77)89)93(67-41-37-65(91)38-42-67)83-25-15-27-85-87(83)88-84(26-16-28-86(88)97-85)94(68-43-39-66(92)40-44-68)70-46-56-78-76-22-12-14-24-80(76)90(82(78)58-70,62-19-9-6-10-20-62)64-35-53-74(54-36-64)96-72-49-31-60(4-2)32-50-72/h3-58H,1-2H2. The minimum Gasteiger partial charge on any atom is -0.457 e. The second-order valence-electron chi connectivity index (χ2n) is 24.6. The quantitative estimate of drug-likeness (QED) is 0.0964. The summed E-state index contributed by atoms with van der Waals surface area (Å²) in [7, 11) is 0. The Morgan fingerprint density at radius 2 is 0.629 bits per heavy atom. The Bertz CT molecular complexity index is 5160. The predicted molar refractivity (Wildman–Crippen MR) is 391 cm³/mol. The highest BCUT2D eigenvalue weighted by molar-refractivity contribution is 6.19. The van der Waals surface area contributed by atoms with E-state index in [0.29, 0.717) is 22.7 Å². The van der Waals surface area contributed by atoms with Crippen LogP contribution in [-0.2, 0) is 10.8 Å². The lowest BCUT2D eigenvalue weighted by Gasteiger charge is -2.35. The van der Waals surface area contributed by atoms with E-state index in [-0.39, 0.29) is 11.6 Å². The lowest BCUT2D eigenvalue weighted by molar-refractivity contribution is 0.482. The summed E-state index contributed by atoms with van der Waals surface area (Å²) in [5.74, 6) is 2.16. The molecule has 0 spiro atoms. The normalized spacial score (nSPS) is 14.9. The van der Waals surface area contributed by atoms with Gasteiger partial charge in [-0.3, -0.25) is 0 Å². The molecule has 2 aliphatic rings. The van der Waals surface area contributed by atoms with Gasteiger partial charge in [-0.05, 0) is 223 Å². The van der Waals surface area contributed by atoms with Gasteiger partial charge in [-0.2, -0.15) is 0 Å². The molecule has 2 unspecified atom stereocenters. The van der Waals surface area contributed by atoms with Gasteiger partial charge in [0.25, 0.3) is 0 Å². The molecule has 5 nitrogen and oxygen atoms in total. The Balaban J connectivity index is 0.857. The number of anilines is 6. The minimum absolute atomic E-state index is 0.354. The van der Waals surface area contributed by atoms with E-state index in [0.717, 1.165) is 134 Å².